The van der Waals surface area contributed by atoms with E-state index in [1.54, 1.807) is 6.07 Å². The summed E-state index contributed by atoms with van der Waals surface area (Å²) in [5, 5.41) is 0. The maximum Gasteiger partial charge on any atom is 0.416 e. The summed E-state index contributed by atoms with van der Waals surface area (Å²) >= 11 is 0. The zero-order chi connectivity index (χ0) is 18.0. The molecule has 2 nitrogen and oxygen atoms in total. The maximum absolute atomic E-state index is 13.0. The van der Waals surface area contributed by atoms with E-state index in [0.29, 0.717) is 6.04 Å². The van der Waals surface area contributed by atoms with E-state index in [9.17, 15) is 13.2 Å². The topological polar surface area (TPSA) is 12.5 Å². The van der Waals surface area contributed by atoms with Crippen molar-refractivity contribution in [2.75, 3.05) is 13.1 Å². The Morgan fingerprint density at radius 3 is 2.48 bits per heavy atom. The van der Waals surface area contributed by atoms with E-state index >= 15 is 0 Å². The van der Waals surface area contributed by atoms with Crippen LogP contribution in [0.25, 0.3) is 0 Å². The molecule has 0 spiro atoms. The molecule has 1 saturated heterocycles. The van der Waals surface area contributed by atoms with Gasteiger partial charge >= 0.3 is 6.18 Å². The predicted octanol–water partition coefficient (Wildman–Crippen LogP) is 5.23. The lowest BCUT2D eigenvalue weighted by Gasteiger charge is -2.42. The van der Waals surface area contributed by atoms with Crippen molar-refractivity contribution in [2.24, 2.45) is 0 Å². The molecule has 0 radical (unpaired) electrons. The van der Waals surface area contributed by atoms with Gasteiger partial charge in [-0.15, -0.1) is 0 Å². The number of benzene rings is 1. The van der Waals surface area contributed by atoms with Crippen LogP contribution in [0.2, 0.25) is 0 Å². The molecule has 140 valence electrons. The summed E-state index contributed by atoms with van der Waals surface area (Å²) in [5.41, 5.74) is 0.283. The minimum atomic E-state index is -4.28. The van der Waals surface area contributed by atoms with Gasteiger partial charge in [0.1, 0.15) is 0 Å². The van der Waals surface area contributed by atoms with Crippen LogP contribution in [0.3, 0.4) is 0 Å². The van der Waals surface area contributed by atoms with Crippen molar-refractivity contribution in [3.05, 3.63) is 35.4 Å². The van der Waals surface area contributed by atoms with Crippen LogP contribution in [0.15, 0.2) is 24.3 Å². The summed E-state index contributed by atoms with van der Waals surface area (Å²) in [7, 11) is 0. The van der Waals surface area contributed by atoms with E-state index in [1.165, 1.54) is 18.9 Å². The highest BCUT2D eigenvalue weighted by molar-refractivity contribution is 5.29. The van der Waals surface area contributed by atoms with Crippen LogP contribution in [-0.2, 0) is 10.9 Å². The lowest BCUT2D eigenvalue weighted by atomic mass is 9.78. The summed E-state index contributed by atoms with van der Waals surface area (Å²) in [4.78, 5) is 2.49. The Morgan fingerprint density at radius 2 is 1.84 bits per heavy atom. The quantitative estimate of drug-likeness (QED) is 0.733. The number of rotatable bonds is 4. The molecule has 0 N–H and O–H groups in total. The van der Waals surface area contributed by atoms with Gasteiger partial charge in [0, 0.05) is 6.04 Å². The SMILES string of the molecule is CC(C)O[C@H]1CC[C@H](c2cccc(C(F)(F)F)c2)C[C@@H]1N1CCCC1. The van der Waals surface area contributed by atoms with Crippen molar-refractivity contribution in [2.45, 2.75) is 76.3 Å². The van der Waals surface area contributed by atoms with Crippen LogP contribution >= 0.6 is 0 Å². The number of likely N-dealkylation sites (tertiary alicyclic amines) is 1. The first-order chi connectivity index (χ1) is 11.8. The summed E-state index contributed by atoms with van der Waals surface area (Å²) in [6, 6.07) is 6.22. The molecule has 0 unspecified atom stereocenters. The maximum atomic E-state index is 13.0. The van der Waals surface area contributed by atoms with Gasteiger partial charge in [-0.3, -0.25) is 4.90 Å². The third-order valence-corrected chi connectivity index (χ3v) is 5.50. The van der Waals surface area contributed by atoms with Crippen molar-refractivity contribution in [3.63, 3.8) is 0 Å². The number of hydrogen-bond acceptors (Lipinski definition) is 2. The molecule has 1 aliphatic heterocycles. The Morgan fingerprint density at radius 1 is 1.12 bits per heavy atom. The highest BCUT2D eigenvalue weighted by atomic mass is 19.4. The molecule has 1 saturated carbocycles. The molecule has 0 bridgehead atoms. The standard InChI is InChI=1S/C20H28F3NO/c1-14(2)25-19-9-8-16(13-18(19)24-10-3-4-11-24)15-6-5-7-17(12-15)20(21,22)23/h5-7,12,14,16,18-19H,3-4,8-11,13H2,1-2H3/t16-,18-,19-/m0/s1. The van der Waals surface area contributed by atoms with E-state index in [0.717, 1.165) is 44.0 Å². The monoisotopic (exact) mass is 355 g/mol. The van der Waals surface area contributed by atoms with Crippen LogP contribution in [0.1, 0.15) is 63.0 Å². The molecule has 1 aromatic rings. The molecule has 3 rings (SSSR count). The fourth-order valence-corrected chi connectivity index (χ4v) is 4.36. The third kappa shape index (κ3) is 4.56. The van der Waals surface area contributed by atoms with Crippen LogP contribution < -0.4 is 0 Å². The Bertz CT molecular complexity index is 566. The number of ether oxygens (including phenoxy) is 1. The second-order valence-electron chi connectivity index (χ2n) is 7.67. The van der Waals surface area contributed by atoms with E-state index in [2.05, 4.69) is 18.7 Å². The summed E-state index contributed by atoms with van der Waals surface area (Å²) in [6.45, 7) is 6.27. The lowest BCUT2D eigenvalue weighted by molar-refractivity contribution is -0.137. The van der Waals surface area contributed by atoms with Gasteiger partial charge in [0.2, 0.25) is 0 Å². The van der Waals surface area contributed by atoms with Gasteiger partial charge in [-0.2, -0.15) is 13.2 Å². The fourth-order valence-electron chi connectivity index (χ4n) is 4.36. The first-order valence-corrected chi connectivity index (χ1v) is 9.41. The molecule has 3 atom stereocenters. The van der Waals surface area contributed by atoms with Crippen LogP contribution in [0.4, 0.5) is 13.2 Å². The van der Waals surface area contributed by atoms with E-state index < -0.39 is 11.7 Å². The number of alkyl halides is 3. The Balaban J connectivity index is 1.78. The third-order valence-electron chi connectivity index (χ3n) is 5.50. The molecule has 1 aliphatic carbocycles. The second kappa shape index (κ2) is 7.67. The zero-order valence-electron chi connectivity index (χ0n) is 15.1. The number of nitrogens with zero attached hydrogens (tertiary/aromatic N) is 1. The fraction of sp³-hybridized carbons (Fsp3) is 0.700. The van der Waals surface area contributed by atoms with E-state index in [1.807, 2.05) is 6.07 Å². The van der Waals surface area contributed by atoms with Gasteiger partial charge in [0.25, 0.3) is 0 Å². The summed E-state index contributed by atoms with van der Waals surface area (Å²) in [5.74, 6) is 0.180. The first-order valence-electron chi connectivity index (χ1n) is 9.41. The van der Waals surface area contributed by atoms with Crippen LogP contribution in [0.5, 0.6) is 0 Å². The van der Waals surface area contributed by atoms with Crippen molar-refractivity contribution in [1.82, 2.24) is 4.90 Å². The second-order valence-corrected chi connectivity index (χ2v) is 7.67. The number of halogens is 3. The van der Waals surface area contributed by atoms with Gasteiger partial charge in [-0.1, -0.05) is 18.2 Å². The largest absolute Gasteiger partial charge is 0.416 e. The first kappa shape index (κ1) is 18.7. The molecule has 2 fully saturated rings. The highest BCUT2D eigenvalue weighted by Gasteiger charge is 2.38. The molecule has 1 heterocycles. The molecule has 0 aromatic heterocycles. The van der Waals surface area contributed by atoms with Gasteiger partial charge < -0.3 is 4.74 Å². The summed E-state index contributed by atoms with van der Waals surface area (Å²) < 4.78 is 45.3. The summed E-state index contributed by atoms with van der Waals surface area (Å²) in [6.07, 6.45) is 1.21. The molecule has 5 heteroatoms. The van der Waals surface area contributed by atoms with Crippen molar-refractivity contribution < 1.29 is 17.9 Å². The van der Waals surface area contributed by atoms with Crippen LogP contribution in [0, 0.1) is 0 Å². The van der Waals surface area contributed by atoms with Crippen molar-refractivity contribution in [1.29, 1.82) is 0 Å². The Hall–Kier alpha value is -1.07. The van der Waals surface area contributed by atoms with Crippen molar-refractivity contribution >= 4 is 0 Å². The Labute approximate surface area is 148 Å². The average Bonchev–Trinajstić information content (AvgIpc) is 3.08. The predicted molar refractivity (Wildman–Crippen MR) is 92.6 cm³/mol. The van der Waals surface area contributed by atoms with Gasteiger partial charge in [-0.25, -0.2) is 0 Å². The molecule has 25 heavy (non-hydrogen) atoms. The zero-order valence-corrected chi connectivity index (χ0v) is 15.1. The van der Waals surface area contributed by atoms with Gasteiger partial charge in [0.05, 0.1) is 17.8 Å². The van der Waals surface area contributed by atoms with Crippen LogP contribution in [-0.4, -0.2) is 36.2 Å². The Kier molecular flexibility index (Phi) is 5.74. The van der Waals surface area contributed by atoms with E-state index in [-0.39, 0.29) is 18.1 Å². The smallest absolute Gasteiger partial charge is 0.374 e. The van der Waals surface area contributed by atoms with Crippen molar-refractivity contribution in [3.8, 4) is 0 Å². The minimum absolute atomic E-state index is 0.180. The molecule has 1 aromatic carbocycles. The number of hydrogen-bond donors (Lipinski definition) is 0. The minimum Gasteiger partial charge on any atom is -0.374 e. The molecular weight excluding hydrogens is 327 g/mol. The average molecular weight is 355 g/mol. The molecule has 0 amide bonds. The molecular formula is C20H28F3NO. The molecule has 2 aliphatic rings. The van der Waals surface area contributed by atoms with Gasteiger partial charge in [0.15, 0.2) is 0 Å². The highest BCUT2D eigenvalue weighted by Crippen LogP contribution is 2.39. The van der Waals surface area contributed by atoms with Gasteiger partial charge in [-0.05, 0) is 76.6 Å². The lowest BCUT2D eigenvalue weighted by Crippen LogP contribution is -2.47. The normalized spacial score (nSPS) is 28.6. The van der Waals surface area contributed by atoms with E-state index in [4.69, 9.17) is 4.74 Å².